The molecule has 92 valence electrons. The van der Waals surface area contributed by atoms with Crippen LogP contribution in [0.3, 0.4) is 0 Å². The summed E-state index contributed by atoms with van der Waals surface area (Å²) in [6.45, 7) is 2.80. The largest absolute Gasteiger partial charge is 0.307 e. The monoisotopic (exact) mass is 240 g/mol. The van der Waals surface area contributed by atoms with E-state index in [1.54, 1.807) is 0 Å². The average molecular weight is 240 g/mol. The average Bonchev–Trinajstić information content (AvgIpc) is 2.81. The molecule has 0 spiro atoms. The third kappa shape index (κ3) is 2.22. The lowest BCUT2D eigenvalue weighted by molar-refractivity contribution is 0.190. The van der Waals surface area contributed by atoms with Crippen LogP contribution in [0.4, 0.5) is 0 Å². The number of piperidine rings is 1. The molecule has 1 aliphatic rings. The second-order valence-corrected chi connectivity index (χ2v) is 4.90. The minimum atomic E-state index is 0.191. The number of hydrogen-bond donors (Lipinski definition) is 0. The van der Waals surface area contributed by atoms with Crippen LogP contribution in [0.1, 0.15) is 18.5 Å². The van der Waals surface area contributed by atoms with Crippen molar-refractivity contribution in [1.82, 2.24) is 14.3 Å². The molecule has 0 radical (unpaired) electrons. The molecule has 0 N–H and O–H groups in total. The zero-order valence-corrected chi connectivity index (χ0v) is 10.3. The fraction of sp³-hybridized carbons (Fsp3) is 0.429. The molecular weight excluding hydrogens is 224 g/mol. The van der Waals surface area contributed by atoms with Gasteiger partial charge in [-0.3, -0.25) is 4.90 Å². The van der Waals surface area contributed by atoms with Crippen molar-refractivity contribution in [1.29, 1.82) is 5.26 Å². The van der Waals surface area contributed by atoms with Crippen molar-refractivity contribution in [2.45, 2.75) is 19.4 Å². The van der Waals surface area contributed by atoms with Gasteiger partial charge in [0, 0.05) is 25.5 Å². The van der Waals surface area contributed by atoms with Gasteiger partial charge in [0.05, 0.1) is 17.7 Å². The van der Waals surface area contributed by atoms with E-state index in [0.29, 0.717) is 0 Å². The Kier molecular flexibility index (Phi) is 2.99. The Morgan fingerprint density at radius 3 is 3.22 bits per heavy atom. The fourth-order valence-electron chi connectivity index (χ4n) is 2.60. The van der Waals surface area contributed by atoms with Crippen LogP contribution in [0.2, 0.25) is 0 Å². The summed E-state index contributed by atoms with van der Waals surface area (Å²) in [4.78, 5) is 6.93. The maximum Gasteiger partial charge on any atom is 0.137 e. The molecule has 1 atom stereocenters. The first-order valence-corrected chi connectivity index (χ1v) is 6.40. The minimum Gasteiger partial charge on any atom is -0.307 e. The van der Waals surface area contributed by atoms with Crippen molar-refractivity contribution < 1.29 is 0 Å². The standard InChI is InChI=1S/C14H16N4/c15-8-12-4-3-6-17(9-12)10-13-11-18-7-2-1-5-14(18)16-13/h1-2,5,7,11-12H,3-4,6,9-10H2. The Morgan fingerprint density at radius 1 is 1.44 bits per heavy atom. The second kappa shape index (κ2) is 4.79. The highest BCUT2D eigenvalue weighted by atomic mass is 15.1. The molecule has 0 bridgehead atoms. The quantitative estimate of drug-likeness (QED) is 0.807. The summed E-state index contributed by atoms with van der Waals surface area (Å²) >= 11 is 0. The Morgan fingerprint density at radius 2 is 2.39 bits per heavy atom. The van der Waals surface area contributed by atoms with Crippen LogP contribution in [0.25, 0.3) is 5.65 Å². The van der Waals surface area contributed by atoms with Crippen LogP contribution in [-0.4, -0.2) is 27.4 Å². The van der Waals surface area contributed by atoms with Gasteiger partial charge >= 0.3 is 0 Å². The van der Waals surface area contributed by atoms with Crippen LogP contribution in [0, 0.1) is 17.2 Å². The van der Waals surface area contributed by atoms with E-state index in [4.69, 9.17) is 5.26 Å². The number of nitrogens with zero attached hydrogens (tertiary/aromatic N) is 4. The van der Waals surface area contributed by atoms with Gasteiger partial charge in [-0.05, 0) is 31.5 Å². The third-order valence-electron chi connectivity index (χ3n) is 3.49. The minimum absolute atomic E-state index is 0.191. The van der Waals surface area contributed by atoms with Gasteiger partial charge in [-0.15, -0.1) is 0 Å². The Hall–Kier alpha value is -1.86. The Bertz CT molecular complexity index is 548. The fourth-order valence-corrected chi connectivity index (χ4v) is 2.60. The summed E-state index contributed by atoms with van der Waals surface area (Å²) in [5.41, 5.74) is 2.07. The lowest BCUT2D eigenvalue weighted by Gasteiger charge is -2.28. The lowest BCUT2D eigenvalue weighted by Crippen LogP contribution is -2.34. The van der Waals surface area contributed by atoms with Crippen molar-refractivity contribution in [3.63, 3.8) is 0 Å². The number of rotatable bonds is 2. The molecule has 3 rings (SSSR count). The van der Waals surface area contributed by atoms with E-state index < -0.39 is 0 Å². The van der Waals surface area contributed by atoms with E-state index >= 15 is 0 Å². The van der Waals surface area contributed by atoms with Crippen molar-refractivity contribution >= 4 is 5.65 Å². The molecule has 3 heterocycles. The third-order valence-corrected chi connectivity index (χ3v) is 3.49. The van der Waals surface area contributed by atoms with Gasteiger partial charge in [0.1, 0.15) is 5.65 Å². The van der Waals surface area contributed by atoms with Crippen molar-refractivity contribution in [3.8, 4) is 6.07 Å². The lowest BCUT2D eigenvalue weighted by atomic mass is 10.00. The van der Waals surface area contributed by atoms with Gasteiger partial charge in [0.25, 0.3) is 0 Å². The predicted molar refractivity (Wildman–Crippen MR) is 68.8 cm³/mol. The van der Waals surface area contributed by atoms with Gasteiger partial charge in [-0.2, -0.15) is 5.26 Å². The molecular formula is C14H16N4. The molecule has 2 aromatic rings. The summed E-state index contributed by atoms with van der Waals surface area (Å²) < 4.78 is 2.04. The van der Waals surface area contributed by atoms with Gasteiger partial charge in [0.15, 0.2) is 0 Å². The molecule has 0 aliphatic carbocycles. The Labute approximate surface area is 106 Å². The number of likely N-dealkylation sites (tertiary alicyclic amines) is 1. The van der Waals surface area contributed by atoms with E-state index in [9.17, 15) is 0 Å². The molecule has 1 saturated heterocycles. The maximum atomic E-state index is 8.99. The number of hydrogen-bond acceptors (Lipinski definition) is 3. The summed E-state index contributed by atoms with van der Waals surface area (Å²) in [6.07, 6.45) is 6.25. The van der Waals surface area contributed by atoms with Crippen molar-refractivity contribution in [2.75, 3.05) is 13.1 Å². The molecule has 1 aliphatic heterocycles. The van der Waals surface area contributed by atoms with Gasteiger partial charge in [-0.25, -0.2) is 4.98 Å². The number of aromatic nitrogens is 2. The first-order valence-electron chi connectivity index (χ1n) is 6.40. The van der Waals surface area contributed by atoms with Crippen molar-refractivity contribution in [2.24, 2.45) is 5.92 Å². The van der Waals surface area contributed by atoms with Crippen LogP contribution >= 0.6 is 0 Å². The maximum absolute atomic E-state index is 8.99. The molecule has 1 unspecified atom stereocenters. The van der Waals surface area contributed by atoms with Crippen LogP contribution < -0.4 is 0 Å². The van der Waals surface area contributed by atoms with E-state index in [2.05, 4.69) is 22.1 Å². The van der Waals surface area contributed by atoms with E-state index in [-0.39, 0.29) is 5.92 Å². The van der Waals surface area contributed by atoms with Crippen LogP contribution in [0.5, 0.6) is 0 Å². The topological polar surface area (TPSA) is 44.3 Å². The highest BCUT2D eigenvalue weighted by molar-refractivity contribution is 5.39. The van der Waals surface area contributed by atoms with Crippen LogP contribution in [-0.2, 0) is 6.54 Å². The summed E-state index contributed by atoms with van der Waals surface area (Å²) in [5, 5.41) is 8.99. The van der Waals surface area contributed by atoms with E-state index in [0.717, 1.165) is 43.8 Å². The zero-order chi connectivity index (χ0) is 12.4. The first-order chi connectivity index (χ1) is 8.85. The van der Waals surface area contributed by atoms with Crippen molar-refractivity contribution in [3.05, 3.63) is 36.3 Å². The predicted octanol–water partition coefficient (Wildman–Crippen LogP) is 2.07. The SMILES string of the molecule is N#CC1CCCN(Cc2cn3ccccc3n2)C1. The zero-order valence-electron chi connectivity index (χ0n) is 10.3. The number of fused-ring (bicyclic) bond motifs is 1. The summed E-state index contributed by atoms with van der Waals surface area (Å²) in [5.74, 6) is 0.191. The summed E-state index contributed by atoms with van der Waals surface area (Å²) in [7, 11) is 0. The first kappa shape index (κ1) is 11.2. The molecule has 2 aromatic heterocycles. The highest BCUT2D eigenvalue weighted by Gasteiger charge is 2.20. The Balaban J connectivity index is 1.74. The van der Waals surface area contributed by atoms with Gasteiger partial charge in [0.2, 0.25) is 0 Å². The molecule has 18 heavy (non-hydrogen) atoms. The van der Waals surface area contributed by atoms with Gasteiger partial charge < -0.3 is 4.40 Å². The molecule has 0 aromatic carbocycles. The number of nitriles is 1. The molecule has 4 heteroatoms. The highest BCUT2D eigenvalue weighted by Crippen LogP contribution is 2.17. The van der Waals surface area contributed by atoms with E-state index in [1.165, 1.54) is 0 Å². The molecule has 4 nitrogen and oxygen atoms in total. The molecule has 0 saturated carbocycles. The van der Waals surface area contributed by atoms with Gasteiger partial charge in [-0.1, -0.05) is 6.07 Å². The smallest absolute Gasteiger partial charge is 0.137 e. The van der Waals surface area contributed by atoms with Crippen LogP contribution in [0.15, 0.2) is 30.6 Å². The van der Waals surface area contributed by atoms with E-state index in [1.807, 2.05) is 28.8 Å². The summed E-state index contributed by atoms with van der Waals surface area (Å²) in [6, 6.07) is 8.39. The number of pyridine rings is 1. The molecule has 0 amide bonds. The number of imidazole rings is 1. The molecule has 1 fully saturated rings. The normalized spacial score (nSPS) is 20.9. The second-order valence-electron chi connectivity index (χ2n) is 4.90.